The standard InChI is InChI=1S/C13H11BrN2O2/c1-16(12-4-2-3-7-15-12)13(18)10-8-9(14)5-6-11(10)17/h2-8,17H,1H3. The van der Waals surface area contributed by atoms with E-state index in [4.69, 9.17) is 0 Å². The Morgan fingerprint density at radius 1 is 1.33 bits per heavy atom. The van der Waals surface area contributed by atoms with Gasteiger partial charge in [0, 0.05) is 17.7 Å². The SMILES string of the molecule is CN(C(=O)c1cc(Br)ccc1O)c1ccccn1. The molecule has 0 aliphatic heterocycles. The van der Waals surface area contributed by atoms with Gasteiger partial charge in [-0.15, -0.1) is 0 Å². The summed E-state index contributed by atoms with van der Waals surface area (Å²) in [7, 11) is 1.62. The highest BCUT2D eigenvalue weighted by Crippen LogP contribution is 2.24. The number of carbonyl (C=O) groups excluding carboxylic acids is 1. The van der Waals surface area contributed by atoms with Gasteiger partial charge in [0.1, 0.15) is 11.6 Å². The lowest BCUT2D eigenvalue weighted by Crippen LogP contribution is -2.27. The second-order valence-corrected chi connectivity index (χ2v) is 4.63. The molecule has 0 bridgehead atoms. The van der Waals surface area contributed by atoms with Crippen LogP contribution in [0, 0.1) is 0 Å². The summed E-state index contributed by atoms with van der Waals surface area (Å²) in [6, 6.07) is 10.0. The first kappa shape index (κ1) is 12.6. The van der Waals surface area contributed by atoms with Gasteiger partial charge in [0.05, 0.1) is 5.56 Å². The number of hydrogen-bond acceptors (Lipinski definition) is 3. The van der Waals surface area contributed by atoms with Crippen molar-refractivity contribution in [2.75, 3.05) is 11.9 Å². The number of aromatic nitrogens is 1. The van der Waals surface area contributed by atoms with Gasteiger partial charge in [-0.1, -0.05) is 22.0 Å². The maximum atomic E-state index is 12.2. The van der Waals surface area contributed by atoms with Gasteiger partial charge in [-0.25, -0.2) is 4.98 Å². The van der Waals surface area contributed by atoms with E-state index < -0.39 is 0 Å². The summed E-state index contributed by atoms with van der Waals surface area (Å²) < 4.78 is 0.734. The van der Waals surface area contributed by atoms with Gasteiger partial charge >= 0.3 is 0 Å². The number of amides is 1. The number of rotatable bonds is 2. The van der Waals surface area contributed by atoms with Crippen LogP contribution in [-0.2, 0) is 0 Å². The number of hydrogen-bond donors (Lipinski definition) is 1. The lowest BCUT2D eigenvalue weighted by atomic mass is 10.2. The molecule has 1 aromatic carbocycles. The number of carbonyl (C=O) groups is 1. The molecule has 2 rings (SSSR count). The molecule has 1 heterocycles. The Morgan fingerprint density at radius 3 is 2.78 bits per heavy atom. The lowest BCUT2D eigenvalue weighted by Gasteiger charge is -2.16. The van der Waals surface area contributed by atoms with E-state index in [1.165, 1.54) is 11.0 Å². The molecule has 0 spiro atoms. The topological polar surface area (TPSA) is 53.4 Å². The van der Waals surface area contributed by atoms with Crippen LogP contribution in [0.1, 0.15) is 10.4 Å². The van der Waals surface area contributed by atoms with Gasteiger partial charge in [-0.05, 0) is 30.3 Å². The Labute approximate surface area is 113 Å². The van der Waals surface area contributed by atoms with Crippen molar-refractivity contribution in [1.29, 1.82) is 0 Å². The number of pyridine rings is 1. The average Bonchev–Trinajstić information content (AvgIpc) is 2.41. The number of nitrogens with zero attached hydrogens (tertiary/aromatic N) is 2. The quantitative estimate of drug-likeness (QED) is 0.928. The molecule has 1 N–H and O–H groups in total. The third-order valence-electron chi connectivity index (χ3n) is 2.49. The monoisotopic (exact) mass is 306 g/mol. The zero-order chi connectivity index (χ0) is 13.1. The molecule has 0 aliphatic rings. The van der Waals surface area contributed by atoms with Crippen LogP contribution in [0.2, 0.25) is 0 Å². The minimum atomic E-state index is -0.312. The summed E-state index contributed by atoms with van der Waals surface area (Å²) >= 11 is 3.27. The van der Waals surface area contributed by atoms with Crippen molar-refractivity contribution in [2.24, 2.45) is 0 Å². The molecular formula is C13H11BrN2O2. The fourth-order valence-electron chi connectivity index (χ4n) is 1.52. The number of benzene rings is 1. The van der Waals surface area contributed by atoms with Crippen LogP contribution >= 0.6 is 15.9 Å². The van der Waals surface area contributed by atoms with E-state index in [-0.39, 0.29) is 17.2 Å². The molecule has 4 nitrogen and oxygen atoms in total. The Hall–Kier alpha value is -1.88. The van der Waals surface area contributed by atoms with Gasteiger partial charge < -0.3 is 5.11 Å². The number of aromatic hydroxyl groups is 1. The van der Waals surface area contributed by atoms with E-state index in [1.54, 1.807) is 43.6 Å². The second kappa shape index (κ2) is 5.18. The first-order valence-corrected chi connectivity index (χ1v) is 6.06. The highest BCUT2D eigenvalue weighted by atomic mass is 79.9. The molecule has 2 aromatic rings. The van der Waals surface area contributed by atoms with Crippen molar-refractivity contribution in [1.82, 2.24) is 4.98 Å². The van der Waals surface area contributed by atoms with E-state index in [2.05, 4.69) is 20.9 Å². The first-order valence-electron chi connectivity index (χ1n) is 5.27. The Kier molecular flexibility index (Phi) is 3.62. The molecule has 0 fully saturated rings. The number of anilines is 1. The summed E-state index contributed by atoms with van der Waals surface area (Å²) in [5, 5.41) is 9.71. The Balaban J connectivity index is 2.34. The van der Waals surface area contributed by atoms with Crippen molar-refractivity contribution >= 4 is 27.7 Å². The number of phenols is 1. The van der Waals surface area contributed by atoms with Crippen LogP contribution in [0.4, 0.5) is 5.82 Å². The molecule has 5 heteroatoms. The van der Waals surface area contributed by atoms with E-state index in [1.807, 2.05) is 0 Å². The van der Waals surface area contributed by atoms with Crippen LogP contribution < -0.4 is 4.90 Å². The largest absolute Gasteiger partial charge is 0.507 e. The summed E-state index contributed by atoms with van der Waals surface area (Å²) in [4.78, 5) is 17.7. The average molecular weight is 307 g/mol. The summed E-state index contributed by atoms with van der Waals surface area (Å²) in [5.41, 5.74) is 0.234. The van der Waals surface area contributed by atoms with Crippen molar-refractivity contribution in [2.45, 2.75) is 0 Å². The van der Waals surface area contributed by atoms with Gasteiger partial charge in [-0.2, -0.15) is 0 Å². The van der Waals surface area contributed by atoms with E-state index in [9.17, 15) is 9.90 Å². The van der Waals surface area contributed by atoms with Gasteiger partial charge in [0.2, 0.25) is 0 Å². The van der Waals surface area contributed by atoms with E-state index in [0.29, 0.717) is 5.82 Å². The van der Waals surface area contributed by atoms with Gasteiger partial charge in [-0.3, -0.25) is 9.69 Å². The van der Waals surface area contributed by atoms with Crippen LogP contribution in [0.15, 0.2) is 47.1 Å². The van der Waals surface area contributed by atoms with Crippen molar-refractivity contribution in [3.8, 4) is 5.75 Å². The van der Waals surface area contributed by atoms with E-state index in [0.717, 1.165) is 4.47 Å². The summed E-state index contributed by atoms with van der Waals surface area (Å²) in [6.45, 7) is 0. The van der Waals surface area contributed by atoms with E-state index >= 15 is 0 Å². The van der Waals surface area contributed by atoms with Crippen LogP contribution in [-0.4, -0.2) is 23.0 Å². The predicted octanol–water partition coefficient (Wildman–Crippen LogP) is 2.83. The second-order valence-electron chi connectivity index (χ2n) is 3.71. The zero-order valence-electron chi connectivity index (χ0n) is 9.67. The van der Waals surface area contributed by atoms with Crippen molar-refractivity contribution in [3.05, 3.63) is 52.6 Å². The summed E-state index contributed by atoms with van der Waals surface area (Å²) in [6.07, 6.45) is 1.61. The maximum absolute atomic E-state index is 12.2. The van der Waals surface area contributed by atoms with Gasteiger partial charge in [0.25, 0.3) is 5.91 Å². The normalized spacial score (nSPS) is 10.1. The summed E-state index contributed by atoms with van der Waals surface area (Å²) in [5.74, 6) is 0.167. The van der Waals surface area contributed by atoms with Crippen LogP contribution in [0.25, 0.3) is 0 Å². The molecular weight excluding hydrogens is 296 g/mol. The number of phenolic OH excluding ortho intramolecular Hbond substituents is 1. The minimum absolute atomic E-state index is 0.0500. The molecule has 1 amide bonds. The molecule has 0 radical (unpaired) electrons. The van der Waals surface area contributed by atoms with Crippen LogP contribution in [0.3, 0.4) is 0 Å². The molecule has 18 heavy (non-hydrogen) atoms. The lowest BCUT2D eigenvalue weighted by molar-refractivity contribution is 0.0989. The molecule has 0 atom stereocenters. The highest BCUT2D eigenvalue weighted by molar-refractivity contribution is 9.10. The fourth-order valence-corrected chi connectivity index (χ4v) is 1.88. The van der Waals surface area contributed by atoms with Crippen molar-refractivity contribution in [3.63, 3.8) is 0 Å². The first-order chi connectivity index (χ1) is 8.59. The zero-order valence-corrected chi connectivity index (χ0v) is 11.3. The molecule has 92 valence electrons. The third-order valence-corrected chi connectivity index (χ3v) is 2.98. The minimum Gasteiger partial charge on any atom is -0.507 e. The maximum Gasteiger partial charge on any atom is 0.262 e. The Bertz CT molecular complexity index is 572. The fraction of sp³-hybridized carbons (Fsp3) is 0.0769. The molecule has 0 aliphatic carbocycles. The molecule has 0 saturated heterocycles. The highest BCUT2D eigenvalue weighted by Gasteiger charge is 2.17. The molecule has 1 aromatic heterocycles. The smallest absolute Gasteiger partial charge is 0.262 e. The van der Waals surface area contributed by atoms with Gasteiger partial charge in [0.15, 0.2) is 0 Å². The van der Waals surface area contributed by atoms with Crippen molar-refractivity contribution < 1.29 is 9.90 Å². The van der Waals surface area contributed by atoms with Crippen LogP contribution in [0.5, 0.6) is 5.75 Å². The number of halogens is 1. The third kappa shape index (κ3) is 2.51. The molecule has 0 saturated carbocycles. The Morgan fingerprint density at radius 2 is 2.11 bits per heavy atom. The molecule has 0 unspecified atom stereocenters. The predicted molar refractivity (Wildman–Crippen MR) is 72.8 cm³/mol.